The zero-order valence-electron chi connectivity index (χ0n) is 20.3. The average Bonchev–Trinajstić information content (AvgIpc) is 3.03. The molecule has 1 aliphatic heterocycles. The lowest BCUT2D eigenvalue weighted by Crippen LogP contribution is -2.57. The van der Waals surface area contributed by atoms with Gasteiger partial charge in [0.05, 0.1) is 6.10 Å². The molecule has 2 aliphatic rings. The molecule has 1 saturated heterocycles. The van der Waals surface area contributed by atoms with Crippen molar-refractivity contribution >= 4 is 46.6 Å². The SMILES string of the molecule is CCC(C)(C)C1(CCC2C(OP)CC(=O)C2C/C=C/CCCCCC(=O)OP(P)P)OCO1. The van der Waals surface area contributed by atoms with E-state index in [0.717, 1.165) is 51.4 Å². The van der Waals surface area contributed by atoms with Gasteiger partial charge in [-0.3, -0.25) is 9.59 Å². The van der Waals surface area contributed by atoms with Crippen molar-refractivity contribution in [3.05, 3.63) is 12.2 Å². The monoisotopic (exact) mass is 538 g/mol. The smallest absolute Gasteiger partial charge is 0.309 e. The summed E-state index contributed by atoms with van der Waals surface area (Å²) in [5, 5.41) is 0. The summed E-state index contributed by atoms with van der Waals surface area (Å²) < 4.78 is 22.7. The van der Waals surface area contributed by atoms with E-state index in [1.807, 2.05) is 0 Å². The zero-order valence-corrected chi connectivity index (χ0v) is 24.7. The van der Waals surface area contributed by atoms with Crippen LogP contribution < -0.4 is 0 Å². The summed E-state index contributed by atoms with van der Waals surface area (Å²) in [7, 11) is 6.55. The Morgan fingerprint density at radius 2 is 1.97 bits per heavy atom. The lowest BCUT2D eigenvalue weighted by atomic mass is 9.75. The van der Waals surface area contributed by atoms with E-state index in [0.29, 0.717) is 19.6 Å². The molecule has 190 valence electrons. The molecule has 0 radical (unpaired) electrons. The highest BCUT2D eigenvalue weighted by Crippen LogP contribution is 2.54. The van der Waals surface area contributed by atoms with Gasteiger partial charge < -0.3 is 18.5 Å². The van der Waals surface area contributed by atoms with E-state index >= 15 is 0 Å². The molecule has 0 spiro atoms. The molecule has 0 aromatic carbocycles. The van der Waals surface area contributed by atoms with Crippen molar-refractivity contribution in [3.63, 3.8) is 0 Å². The minimum absolute atomic E-state index is 0.0165. The summed E-state index contributed by atoms with van der Waals surface area (Å²) in [5.41, 5.74) is -0.0784. The number of allylic oxidation sites excluding steroid dienone is 2. The minimum atomic E-state index is -0.783. The number of ketones is 1. The summed E-state index contributed by atoms with van der Waals surface area (Å²) in [6.45, 7) is 6.87. The third-order valence-corrected chi connectivity index (χ3v) is 8.70. The fourth-order valence-corrected chi connectivity index (χ4v) is 6.10. The first-order valence-electron chi connectivity index (χ1n) is 12.0. The summed E-state index contributed by atoms with van der Waals surface area (Å²) in [6.07, 6.45) is 12.4. The van der Waals surface area contributed by atoms with Crippen LogP contribution in [-0.4, -0.2) is 30.4 Å². The van der Waals surface area contributed by atoms with Crippen molar-refractivity contribution < 1.29 is 28.1 Å². The number of carbonyl (C=O) groups excluding carboxylic acids is 2. The second-order valence-corrected chi connectivity index (χ2v) is 15.7. The molecule has 6 unspecified atom stereocenters. The van der Waals surface area contributed by atoms with Gasteiger partial charge in [0.1, 0.15) is 13.3 Å². The van der Waals surface area contributed by atoms with Crippen LogP contribution in [0.5, 0.6) is 0 Å². The Labute approximate surface area is 207 Å². The Kier molecular flexibility index (Phi) is 12.9. The van der Waals surface area contributed by atoms with Crippen LogP contribution in [0.4, 0.5) is 0 Å². The molecule has 0 aromatic heterocycles. The van der Waals surface area contributed by atoms with Gasteiger partial charge in [0, 0.05) is 40.1 Å². The Bertz CT molecular complexity index is 665. The predicted octanol–water partition coefficient (Wildman–Crippen LogP) is 6.70. The molecular weight excluding hydrogens is 496 g/mol. The molecule has 0 aromatic rings. The first kappa shape index (κ1) is 29.7. The number of ether oxygens (including phenoxy) is 2. The molecule has 6 nitrogen and oxygen atoms in total. The average molecular weight is 538 g/mol. The van der Waals surface area contributed by atoms with Crippen LogP contribution in [0.1, 0.15) is 85.0 Å². The van der Waals surface area contributed by atoms with Gasteiger partial charge in [-0.1, -0.05) is 57.2 Å². The molecular formula is C23H42O6P4. The van der Waals surface area contributed by atoms with E-state index in [9.17, 15) is 9.59 Å². The zero-order chi connectivity index (χ0) is 24.5. The van der Waals surface area contributed by atoms with Crippen LogP contribution in [-0.2, 0) is 28.1 Å². The molecule has 6 atom stereocenters. The van der Waals surface area contributed by atoms with Gasteiger partial charge in [-0.2, -0.15) is 0 Å². The molecule has 10 heteroatoms. The highest BCUT2D eigenvalue weighted by Gasteiger charge is 2.53. The van der Waals surface area contributed by atoms with Crippen LogP contribution in [0.15, 0.2) is 12.2 Å². The highest BCUT2D eigenvalue weighted by atomic mass is 32.4. The fourth-order valence-electron chi connectivity index (χ4n) is 4.77. The Morgan fingerprint density at radius 3 is 2.55 bits per heavy atom. The highest BCUT2D eigenvalue weighted by molar-refractivity contribution is 8.41. The Balaban J connectivity index is 1.79. The van der Waals surface area contributed by atoms with Gasteiger partial charge in [-0.05, 0) is 44.4 Å². The van der Waals surface area contributed by atoms with Gasteiger partial charge in [0.2, 0.25) is 0 Å². The van der Waals surface area contributed by atoms with Crippen molar-refractivity contribution in [2.24, 2.45) is 17.3 Å². The second-order valence-electron chi connectivity index (χ2n) is 9.68. The van der Waals surface area contributed by atoms with E-state index in [4.69, 9.17) is 18.5 Å². The van der Waals surface area contributed by atoms with E-state index in [-0.39, 0.29) is 35.1 Å². The molecule has 2 rings (SSSR count). The van der Waals surface area contributed by atoms with Gasteiger partial charge in [-0.25, -0.2) is 0 Å². The number of rotatable bonds is 15. The van der Waals surface area contributed by atoms with Crippen LogP contribution in [0.25, 0.3) is 0 Å². The van der Waals surface area contributed by atoms with E-state index in [1.54, 1.807) is 0 Å². The van der Waals surface area contributed by atoms with Crippen LogP contribution in [0.3, 0.4) is 0 Å². The van der Waals surface area contributed by atoms with Crippen molar-refractivity contribution in [3.8, 4) is 0 Å². The molecule has 2 fully saturated rings. The summed E-state index contributed by atoms with van der Waals surface area (Å²) in [4.78, 5) is 24.3. The van der Waals surface area contributed by atoms with Gasteiger partial charge in [-0.15, -0.1) is 0 Å². The second kappa shape index (κ2) is 14.3. The quantitative estimate of drug-likeness (QED) is 0.131. The summed E-state index contributed by atoms with van der Waals surface area (Å²) in [6, 6.07) is 0. The van der Waals surface area contributed by atoms with Crippen molar-refractivity contribution in [1.82, 2.24) is 0 Å². The van der Waals surface area contributed by atoms with Crippen molar-refractivity contribution in [1.29, 1.82) is 0 Å². The van der Waals surface area contributed by atoms with Crippen molar-refractivity contribution in [2.45, 2.75) is 96.9 Å². The maximum absolute atomic E-state index is 12.7. The maximum Gasteiger partial charge on any atom is 0.309 e. The standard InChI is InChI=1S/C23H42O6P4/c1-4-22(2,3)23(26-16-27-23)14-13-18-17(19(24)15-20(18)28-30)11-9-7-5-6-8-10-12-21(25)29-33(31)32/h7,9,17-18,20H,4-6,8,10-16,30-32H2,1-3H3/b9-7+. The number of hydrogen-bond donors (Lipinski definition) is 0. The van der Waals surface area contributed by atoms with Gasteiger partial charge in [0.15, 0.2) is 12.6 Å². The fraction of sp³-hybridized carbons (Fsp3) is 0.826. The van der Waals surface area contributed by atoms with E-state index in [1.165, 1.54) is 0 Å². The molecule has 1 heterocycles. The third kappa shape index (κ3) is 8.53. The molecule has 1 saturated carbocycles. The topological polar surface area (TPSA) is 71.1 Å². The van der Waals surface area contributed by atoms with Crippen LogP contribution in [0.2, 0.25) is 0 Å². The number of Topliss-reactive ketones (excluding diaryl/α,β-unsaturated/α-hetero) is 1. The normalized spacial score (nSPS) is 25.1. The molecule has 0 amide bonds. The summed E-state index contributed by atoms with van der Waals surface area (Å²) in [5.74, 6) is -0.239. The minimum Gasteiger partial charge on any atom is -0.437 e. The van der Waals surface area contributed by atoms with Crippen LogP contribution >= 0.6 is 34.8 Å². The number of carbonyl (C=O) groups is 2. The van der Waals surface area contributed by atoms with Gasteiger partial charge in [0.25, 0.3) is 0 Å². The van der Waals surface area contributed by atoms with Crippen molar-refractivity contribution in [2.75, 3.05) is 6.79 Å². The van der Waals surface area contributed by atoms with Crippen LogP contribution in [0, 0.1) is 17.3 Å². The molecule has 1 aliphatic carbocycles. The molecule has 0 bridgehead atoms. The van der Waals surface area contributed by atoms with E-state index < -0.39 is 13.3 Å². The lowest BCUT2D eigenvalue weighted by molar-refractivity contribution is -0.439. The van der Waals surface area contributed by atoms with Gasteiger partial charge >= 0.3 is 5.97 Å². The predicted molar refractivity (Wildman–Crippen MR) is 144 cm³/mol. The Hall–Kier alpha value is 0.480. The molecule has 0 N–H and O–H groups in total. The number of hydrogen-bond acceptors (Lipinski definition) is 6. The maximum atomic E-state index is 12.7. The molecule has 33 heavy (non-hydrogen) atoms. The number of unbranched alkanes of at least 4 members (excludes halogenated alkanes) is 3. The lowest BCUT2D eigenvalue weighted by Gasteiger charge is -2.52. The largest absolute Gasteiger partial charge is 0.437 e. The Morgan fingerprint density at radius 1 is 1.24 bits per heavy atom. The third-order valence-electron chi connectivity index (χ3n) is 7.31. The first-order chi connectivity index (χ1) is 15.7. The summed E-state index contributed by atoms with van der Waals surface area (Å²) >= 11 is 0. The first-order valence-corrected chi connectivity index (χ1v) is 16.9. The van der Waals surface area contributed by atoms with E-state index in [2.05, 4.69) is 60.2 Å².